The van der Waals surface area contributed by atoms with E-state index in [-0.39, 0.29) is 17.7 Å². The zero-order valence-corrected chi connectivity index (χ0v) is 21.6. The molecule has 1 heterocycles. The minimum atomic E-state index is -4.52. The average molecular weight is 534 g/mol. The zero-order chi connectivity index (χ0) is 26.2. The first kappa shape index (κ1) is 26.0. The van der Waals surface area contributed by atoms with Crippen LogP contribution < -0.4 is 20.3 Å². The predicted octanol–water partition coefficient (Wildman–Crippen LogP) is 4.05. The van der Waals surface area contributed by atoms with Gasteiger partial charge in [-0.05, 0) is 79.8 Å². The van der Waals surface area contributed by atoms with Crippen molar-refractivity contribution in [3.63, 3.8) is 0 Å². The highest BCUT2D eigenvalue weighted by Crippen LogP contribution is 2.46. The zero-order valence-electron chi connectivity index (χ0n) is 20.7. The first-order chi connectivity index (χ1) is 17.7. The summed E-state index contributed by atoms with van der Waals surface area (Å²) >= 11 is 0. The van der Waals surface area contributed by atoms with Gasteiger partial charge >= 0.3 is 7.82 Å². The lowest BCUT2D eigenvalue weighted by atomic mass is 9.93. The number of phosphoric acid groups is 1. The molecular formula is C26H33FN3O6P. The molecule has 1 aliphatic heterocycles. The number of ether oxygens (including phenoxy) is 1. The number of amides is 1. The summed E-state index contributed by atoms with van der Waals surface area (Å²) in [6.45, 7) is 2.39. The quantitative estimate of drug-likeness (QED) is 0.357. The Hall–Kier alpha value is -2.65. The molecule has 2 saturated carbocycles. The lowest BCUT2D eigenvalue weighted by Gasteiger charge is -2.29. The molecule has 3 aliphatic rings. The molecule has 0 radical (unpaired) electrons. The van der Waals surface area contributed by atoms with Crippen molar-refractivity contribution < 1.29 is 32.8 Å². The molecule has 0 aromatic heterocycles. The van der Waals surface area contributed by atoms with Crippen LogP contribution in [0.5, 0.6) is 5.75 Å². The fourth-order valence-corrected chi connectivity index (χ4v) is 6.07. The number of piperidine rings is 1. The smallest absolute Gasteiger partial charge is 0.469 e. The number of hydrogen-bond acceptors (Lipinski definition) is 6. The Bertz CT molecular complexity index is 1190. The standard InChI is InChI=1S/C26H33FN3O6P/c1-35-25-9-2-16(10-23(25)27)13-28-24-12-20(30-14-17-11-18(17)15-30)5-8-22(24)26(31)29-19-3-6-21(7-4-19)36-37(32,33)34/h2,5,8-10,12,17-19,21,28H,3-4,6-7,11,13-15H2,1H3,(H,29,31)(H2,32,33,34). The Morgan fingerprint density at radius 3 is 2.49 bits per heavy atom. The van der Waals surface area contributed by atoms with Crippen LogP contribution in [-0.4, -0.2) is 48.0 Å². The van der Waals surface area contributed by atoms with E-state index < -0.39 is 19.7 Å². The highest BCUT2D eigenvalue weighted by Gasteiger charge is 2.45. The van der Waals surface area contributed by atoms with E-state index in [1.165, 1.54) is 19.6 Å². The summed E-state index contributed by atoms with van der Waals surface area (Å²) in [5, 5.41) is 6.40. The van der Waals surface area contributed by atoms with E-state index in [9.17, 15) is 13.8 Å². The van der Waals surface area contributed by atoms with Crippen molar-refractivity contribution in [2.24, 2.45) is 11.8 Å². The van der Waals surface area contributed by atoms with E-state index >= 15 is 0 Å². The van der Waals surface area contributed by atoms with Crippen LogP contribution in [-0.2, 0) is 15.6 Å². The number of fused-ring (bicyclic) bond motifs is 1. The number of anilines is 2. The number of nitrogens with zero attached hydrogens (tertiary/aromatic N) is 1. The third-order valence-electron chi connectivity index (χ3n) is 7.59. The second-order valence-electron chi connectivity index (χ2n) is 10.3. The maximum atomic E-state index is 14.2. The monoisotopic (exact) mass is 533 g/mol. The number of benzene rings is 2. The van der Waals surface area contributed by atoms with Gasteiger partial charge in [0, 0.05) is 37.1 Å². The molecular weight excluding hydrogens is 500 g/mol. The van der Waals surface area contributed by atoms with E-state index in [1.807, 2.05) is 18.2 Å². The second kappa shape index (κ2) is 10.6. The molecule has 3 fully saturated rings. The summed E-state index contributed by atoms with van der Waals surface area (Å²) < 4.78 is 35.1. The van der Waals surface area contributed by atoms with Crippen molar-refractivity contribution >= 4 is 25.1 Å². The Kier molecular flexibility index (Phi) is 7.45. The molecule has 9 nitrogen and oxygen atoms in total. The molecule has 2 atom stereocenters. The van der Waals surface area contributed by atoms with E-state index in [2.05, 4.69) is 15.5 Å². The van der Waals surface area contributed by atoms with Gasteiger partial charge in [-0.25, -0.2) is 8.96 Å². The SMILES string of the molecule is COc1ccc(CNc2cc(N3CC4CC4C3)ccc2C(=O)NC2CCC(OP(=O)(O)O)CC2)cc1F. The Labute approximate surface area is 215 Å². The van der Waals surface area contributed by atoms with Gasteiger partial charge in [-0.15, -0.1) is 0 Å². The summed E-state index contributed by atoms with van der Waals surface area (Å²) in [5.41, 5.74) is 2.95. The fourth-order valence-electron chi connectivity index (χ4n) is 5.47. The molecule has 2 unspecified atom stereocenters. The molecule has 11 heteroatoms. The molecule has 1 amide bonds. The average Bonchev–Trinajstić information content (AvgIpc) is 3.47. The van der Waals surface area contributed by atoms with Gasteiger partial charge in [0.1, 0.15) is 0 Å². The summed E-state index contributed by atoms with van der Waals surface area (Å²) in [4.78, 5) is 33.7. The van der Waals surface area contributed by atoms with E-state index in [1.54, 1.807) is 12.1 Å². The van der Waals surface area contributed by atoms with Crippen LogP contribution >= 0.6 is 7.82 Å². The summed E-state index contributed by atoms with van der Waals surface area (Å²) in [6.07, 6.45) is 2.84. The minimum Gasteiger partial charge on any atom is -0.494 e. The molecule has 1 saturated heterocycles. The van der Waals surface area contributed by atoms with Gasteiger partial charge in [0.2, 0.25) is 0 Å². The largest absolute Gasteiger partial charge is 0.494 e. The topological polar surface area (TPSA) is 120 Å². The third-order valence-corrected chi connectivity index (χ3v) is 8.16. The molecule has 2 aromatic carbocycles. The van der Waals surface area contributed by atoms with Gasteiger partial charge in [0.05, 0.1) is 18.8 Å². The van der Waals surface area contributed by atoms with Crippen LogP contribution in [0.25, 0.3) is 0 Å². The first-order valence-electron chi connectivity index (χ1n) is 12.7. The predicted molar refractivity (Wildman–Crippen MR) is 137 cm³/mol. The van der Waals surface area contributed by atoms with Gasteiger partial charge in [0.15, 0.2) is 11.6 Å². The summed E-state index contributed by atoms with van der Waals surface area (Å²) in [5.74, 6) is 1.05. The fraction of sp³-hybridized carbons (Fsp3) is 0.500. The Morgan fingerprint density at radius 2 is 1.84 bits per heavy atom. The van der Waals surface area contributed by atoms with Crippen molar-refractivity contribution in [1.82, 2.24) is 5.32 Å². The first-order valence-corrected chi connectivity index (χ1v) is 14.2. The van der Waals surface area contributed by atoms with E-state index in [4.69, 9.17) is 19.0 Å². The van der Waals surface area contributed by atoms with E-state index in [0.717, 1.165) is 36.2 Å². The van der Waals surface area contributed by atoms with Gasteiger partial charge in [-0.3, -0.25) is 9.32 Å². The Balaban J connectivity index is 1.28. The lowest BCUT2D eigenvalue weighted by molar-refractivity contribution is 0.0820. The normalized spacial score (nSPS) is 24.9. The number of rotatable bonds is 9. The second-order valence-corrected chi connectivity index (χ2v) is 11.4. The lowest BCUT2D eigenvalue weighted by Crippen LogP contribution is -2.39. The van der Waals surface area contributed by atoms with Crippen LogP contribution in [0, 0.1) is 17.7 Å². The van der Waals surface area contributed by atoms with Crippen molar-refractivity contribution in [3.8, 4) is 5.75 Å². The van der Waals surface area contributed by atoms with Gasteiger partial charge in [0.25, 0.3) is 5.91 Å². The Morgan fingerprint density at radius 1 is 1.11 bits per heavy atom. The number of methoxy groups -OCH3 is 1. The molecule has 5 rings (SSSR count). The maximum absolute atomic E-state index is 14.2. The summed E-state index contributed by atoms with van der Waals surface area (Å²) in [7, 11) is -3.10. The van der Waals surface area contributed by atoms with Gasteiger partial charge in [-0.1, -0.05) is 6.07 Å². The molecule has 2 aromatic rings. The molecule has 2 aliphatic carbocycles. The van der Waals surface area contributed by atoms with Crippen LogP contribution in [0.3, 0.4) is 0 Å². The van der Waals surface area contributed by atoms with Crippen molar-refractivity contribution in [2.45, 2.75) is 50.8 Å². The third kappa shape index (κ3) is 6.44. The van der Waals surface area contributed by atoms with Crippen LogP contribution in [0.4, 0.5) is 15.8 Å². The number of carbonyl (C=O) groups is 1. The molecule has 4 N–H and O–H groups in total. The van der Waals surface area contributed by atoms with Crippen LogP contribution in [0.1, 0.15) is 48.0 Å². The van der Waals surface area contributed by atoms with Gasteiger partial charge in [-0.2, -0.15) is 0 Å². The molecule has 200 valence electrons. The molecule has 37 heavy (non-hydrogen) atoms. The number of halogens is 1. The summed E-state index contributed by atoms with van der Waals surface area (Å²) in [6, 6.07) is 10.5. The highest BCUT2D eigenvalue weighted by atomic mass is 31.2. The van der Waals surface area contributed by atoms with Crippen molar-refractivity contribution in [2.75, 3.05) is 30.4 Å². The number of carbonyl (C=O) groups excluding carboxylic acids is 1. The van der Waals surface area contributed by atoms with Crippen LogP contribution in [0.2, 0.25) is 0 Å². The van der Waals surface area contributed by atoms with Crippen LogP contribution in [0.15, 0.2) is 36.4 Å². The maximum Gasteiger partial charge on any atom is 0.469 e. The number of phosphoric ester groups is 1. The minimum absolute atomic E-state index is 0.113. The van der Waals surface area contributed by atoms with E-state index in [0.29, 0.717) is 43.5 Å². The highest BCUT2D eigenvalue weighted by molar-refractivity contribution is 7.46. The molecule has 0 bridgehead atoms. The molecule has 0 spiro atoms. The number of nitrogens with one attached hydrogen (secondary N) is 2. The van der Waals surface area contributed by atoms with Gasteiger partial charge < -0.3 is 30.1 Å². The van der Waals surface area contributed by atoms with Crippen molar-refractivity contribution in [3.05, 3.63) is 53.3 Å². The van der Waals surface area contributed by atoms with Crippen molar-refractivity contribution in [1.29, 1.82) is 0 Å². The number of hydrogen-bond donors (Lipinski definition) is 4.